The molecule has 1 saturated heterocycles. The van der Waals surface area contributed by atoms with Gasteiger partial charge in [0.15, 0.2) is 0 Å². The summed E-state index contributed by atoms with van der Waals surface area (Å²) in [7, 11) is 1.51. The van der Waals surface area contributed by atoms with E-state index in [2.05, 4.69) is 15.2 Å². The number of hydrogen-bond acceptors (Lipinski definition) is 6. The van der Waals surface area contributed by atoms with Gasteiger partial charge < -0.3 is 15.0 Å². The van der Waals surface area contributed by atoms with Gasteiger partial charge in [-0.1, -0.05) is 6.07 Å². The predicted octanol–water partition coefficient (Wildman–Crippen LogP) is 3.48. The molecule has 1 fully saturated rings. The Bertz CT molecular complexity index is 1240. The number of rotatable bonds is 4. The van der Waals surface area contributed by atoms with Gasteiger partial charge in [-0.05, 0) is 49.2 Å². The number of halogens is 1. The average Bonchev–Trinajstić information content (AvgIpc) is 3.17. The first kappa shape index (κ1) is 21.3. The fraction of sp³-hybridized carbons (Fsp3) is 0.320. The Balaban J connectivity index is 1.57. The van der Waals surface area contributed by atoms with E-state index < -0.39 is 5.82 Å². The summed E-state index contributed by atoms with van der Waals surface area (Å²) >= 11 is 0. The Labute approximate surface area is 192 Å². The Hall–Kier alpha value is -3.52. The number of nitrogens with one attached hydrogen (secondary N) is 1. The van der Waals surface area contributed by atoms with Crippen molar-refractivity contribution in [2.24, 2.45) is 0 Å². The number of ether oxygens (including phenoxy) is 1. The molecule has 4 heterocycles. The van der Waals surface area contributed by atoms with Crippen LogP contribution in [0.2, 0.25) is 0 Å². The van der Waals surface area contributed by atoms with E-state index in [1.165, 1.54) is 13.2 Å². The van der Waals surface area contributed by atoms with Crippen LogP contribution in [-0.4, -0.2) is 49.2 Å². The van der Waals surface area contributed by atoms with Crippen LogP contribution >= 0.6 is 0 Å². The molecule has 0 radical (unpaired) electrons. The van der Waals surface area contributed by atoms with Crippen LogP contribution in [0.4, 0.5) is 16.0 Å². The molecule has 5 rings (SSSR count). The van der Waals surface area contributed by atoms with Crippen molar-refractivity contribution >= 4 is 17.5 Å². The highest BCUT2D eigenvalue weighted by Gasteiger charge is 2.34. The maximum atomic E-state index is 15.0. The maximum absolute atomic E-state index is 15.0. The molecule has 0 saturated carbocycles. The van der Waals surface area contributed by atoms with Crippen LogP contribution in [0.3, 0.4) is 0 Å². The number of amides is 1. The summed E-state index contributed by atoms with van der Waals surface area (Å²) in [6.45, 7) is 7.66. The molecule has 7 nitrogen and oxygen atoms in total. The molecule has 0 bridgehead atoms. The number of hydrogen-bond donors (Lipinski definition) is 1. The topological polar surface area (TPSA) is 70.6 Å². The second-order valence-electron chi connectivity index (χ2n) is 8.45. The molecule has 2 aromatic heterocycles. The number of aromatic nitrogens is 2. The van der Waals surface area contributed by atoms with Gasteiger partial charge in [0.05, 0.1) is 24.9 Å². The quantitative estimate of drug-likeness (QED) is 0.661. The lowest BCUT2D eigenvalue weighted by Crippen LogP contribution is -2.44. The highest BCUT2D eigenvalue weighted by Crippen LogP contribution is 2.40. The van der Waals surface area contributed by atoms with Crippen LogP contribution in [0.1, 0.15) is 27.0 Å². The molecule has 0 aliphatic carbocycles. The zero-order chi connectivity index (χ0) is 23.1. The summed E-state index contributed by atoms with van der Waals surface area (Å²) in [6, 6.07) is 8.73. The number of methoxy groups -OCH3 is 1. The van der Waals surface area contributed by atoms with Gasteiger partial charge in [-0.2, -0.15) is 0 Å². The Morgan fingerprint density at radius 3 is 2.61 bits per heavy atom. The first-order valence-corrected chi connectivity index (χ1v) is 11.1. The highest BCUT2D eigenvalue weighted by atomic mass is 19.1. The molecule has 0 unspecified atom stereocenters. The third-order valence-electron chi connectivity index (χ3n) is 6.25. The lowest BCUT2D eigenvalue weighted by Gasteiger charge is -2.29. The number of fused-ring (bicyclic) bond motifs is 1. The fourth-order valence-electron chi connectivity index (χ4n) is 4.60. The van der Waals surface area contributed by atoms with Gasteiger partial charge in [-0.25, -0.2) is 9.37 Å². The van der Waals surface area contributed by atoms with E-state index in [0.29, 0.717) is 28.4 Å². The van der Waals surface area contributed by atoms with Gasteiger partial charge in [0.1, 0.15) is 23.2 Å². The second kappa shape index (κ2) is 8.44. The van der Waals surface area contributed by atoms with Gasteiger partial charge in [0, 0.05) is 43.5 Å². The molecule has 0 spiro atoms. The summed E-state index contributed by atoms with van der Waals surface area (Å²) in [4.78, 5) is 26.6. The number of nitrogens with zero attached hydrogens (tertiary/aromatic N) is 4. The van der Waals surface area contributed by atoms with Crippen molar-refractivity contribution in [3.8, 4) is 17.0 Å². The molecular formula is C25H26FN5O2. The van der Waals surface area contributed by atoms with Gasteiger partial charge in [-0.15, -0.1) is 0 Å². The second-order valence-corrected chi connectivity index (χ2v) is 8.45. The summed E-state index contributed by atoms with van der Waals surface area (Å²) in [5.74, 6) is 1.29. The number of pyridine rings is 2. The number of piperazine rings is 1. The average molecular weight is 448 g/mol. The summed E-state index contributed by atoms with van der Waals surface area (Å²) < 4.78 is 20.5. The molecular weight excluding hydrogens is 421 g/mol. The van der Waals surface area contributed by atoms with E-state index in [4.69, 9.17) is 9.72 Å². The first-order chi connectivity index (χ1) is 16.0. The minimum absolute atomic E-state index is 0.162. The van der Waals surface area contributed by atoms with Gasteiger partial charge in [-0.3, -0.25) is 14.7 Å². The van der Waals surface area contributed by atoms with Gasteiger partial charge in [0.25, 0.3) is 5.91 Å². The monoisotopic (exact) mass is 447 g/mol. The molecule has 2 aliphatic rings. The van der Waals surface area contributed by atoms with E-state index in [0.717, 1.165) is 43.1 Å². The van der Waals surface area contributed by atoms with Crippen molar-refractivity contribution in [1.29, 1.82) is 0 Å². The molecule has 2 aliphatic heterocycles. The minimum atomic E-state index is -0.432. The van der Waals surface area contributed by atoms with Crippen LogP contribution in [0.25, 0.3) is 11.3 Å². The molecule has 1 aromatic carbocycles. The largest absolute Gasteiger partial charge is 0.496 e. The smallest absolute Gasteiger partial charge is 0.260 e. The van der Waals surface area contributed by atoms with Crippen LogP contribution < -0.4 is 19.9 Å². The number of anilines is 2. The SMILES string of the molecule is COc1c(C)ccc(F)c1-c1nccc2c1CN(c1cc(C)cc(N3CCNCC3)n1)C2=O. The van der Waals surface area contributed by atoms with E-state index in [1.54, 1.807) is 23.2 Å². The third kappa shape index (κ3) is 3.70. The normalized spacial score (nSPS) is 15.7. The molecule has 8 heteroatoms. The van der Waals surface area contributed by atoms with Crippen molar-refractivity contribution in [2.75, 3.05) is 43.1 Å². The fourth-order valence-corrected chi connectivity index (χ4v) is 4.60. The highest BCUT2D eigenvalue weighted by molar-refractivity contribution is 6.10. The zero-order valence-electron chi connectivity index (χ0n) is 19.0. The van der Waals surface area contributed by atoms with Gasteiger partial charge in [0.2, 0.25) is 0 Å². The van der Waals surface area contributed by atoms with Gasteiger partial charge >= 0.3 is 0 Å². The van der Waals surface area contributed by atoms with E-state index in [-0.39, 0.29) is 18.0 Å². The van der Waals surface area contributed by atoms with E-state index in [1.807, 2.05) is 26.0 Å². The predicted molar refractivity (Wildman–Crippen MR) is 125 cm³/mol. The lowest BCUT2D eigenvalue weighted by atomic mass is 9.99. The molecule has 1 N–H and O–H groups in total. The van der Waals surface area contributed by atoms with Crippen LogP contribution in [-0.2, 0) is 6.54 Å². The third-order valence-corrected chi connectivity index (χ3v) is 6.25. The van der Waals surface area contributed by atoms with Crippen LogP contribution in [0.15, 0.2) is 36.5 Å². The molecule has 1 amide bonds. The molecule has 33 heavy (non-hydrogen) atoms. The Morgan fingerprint density at radius 2 is 1.85 bits per heavy atom. The number of carbonyl (C=O) groups excluding carboxylic acids is 1. The van der Waals surface area contributed by atoms with Crippen LogP contribution in [0.5, 0.6) is 5.75 Å². The van der Waals surface area contributed by atoms with Crippen molar-refractivity contribution in [3.63, 3.8) is 0 Å². The summed E-state index contributed by atoms with van der Waals surface area (Å²) in [6.07, 6.45) is 1.55. The van der Waals surface area contributed by atoms with Crippen molar-refractivity contribution in [1.82, 2.24) is 15.3 Å². The van der Waals surface area contributed by atoms with E-state index >= 15 is 0 Å². The zero-order valence-corrected chi connectivity index (χ0v) is 19.0. The molecule has 170 valence electrons. The number of carbonyl (C=O) groups is 1. The first-order valence-electron chi connectivity index (χ1n) is 11.1. The standard InChI is InChI=1S/C25H26FN5O2/c1-15-12-20(30-10-8-27-9-11-30)29-21(13-15)31-14-18-17(25(31)32)6-7-28-23(18)22-19(26)5-4-16(2)24(22)33-3/h4-7,12-13,27H,8-11,14H2,1-3H3. The maximum Gasteiger partial charge on any atom is 0.260 e. The Morgan fingerprint density at radius 1 is 1.09 bits per heavy atom. The lowest BCUT2D eigenvalue weighted by molar-refractivity contribution is 0.0996. The van der Waals surface area contributed by atoms with E-state index in [9.17, 15) is 9.18 Å². The Kier molecular flexibility index (Phi) is 5.46. The summed E-state index contributed by atoms with van der Waals surface area (Å²) in [5, 5.41) is 3.35. The summed E-state index contributed by atoms with van der Waals surface area (Å²) in [5.41, 5.74) is 3.73. The number of benzene rings is 1. The van der Waals surface area contributed by atoms with Crippen molar-refractivity contribution in [3.05, 3.63) is 64.6 Å². The minimum Gasteiger partial charge on any atom is -0.496 e. The van der Waals surface area contributed by atoms with Crippen LogP contribution in [0, 0.1) is 19.7 Å². The molecule has 3 aromatic rings. The molecule has 0 atom stereocenters. The van der Waals surface area contributed by atoms with Crippen molar-refractivity contribution in [2.45, 2.75) is 20.4 Å². The van der Waals surface area contributed by atoms with Crippen molar-refractivity contribution < 1.29 is 13.9 Å². The number of aryl methyl sites for hydroxylation is 2.